The fourth-order valence-electron chi connectivity index (χ4n) is 1.24. The molecule has 0 N–H and O–H groups in total. The Morgan fingerprint density at radius 3 is 2.31 bits per heavy atom. The first-order valence-electron chi connectivity index (χ1n) is 4.42. The number of ketones is 1. The van der Waals surface area contributed by atoms with Gasteiger partial charge in [0.2, 0.25) is 0 Å². The van der Waals surface area contributed by atoms with Crippen molar-refractivity contribution in [2.24, 2.45) is 0 Å². The summed E-state index contributed by atoms with van der Waals surface area (Å²) in [5, 5.41) is 0. The minimum Gasteiger partial charge on any atom is -0.288 e. The summed E-state index contributed by atoms with van der Waals surface area (Å²) >= 11 is 3.21. The Balaban J connectivity index is 2.39. The third-order valence-corrected chi connectivity index (χ3v) is 2.37. The zero-order valence-electron chi connectivity index (χ0n) is 8.02. The molecule has 0 atom stereocenters. The van der Waals surface area contributed by atoms with Crippen LogP contribution in [-0.4, -0.2) is 15.8 Å². The molecule has 2 aromatic rings. The van der Waals surface area contributed by atoms with Gasteiger partial charge in [0.05, 0.1) is 6.20 Å². The van der Waals surface area contributed by atoms with E-state index in [4.69, 9.17) is 0 Å². The standard InChI is InChI=1S/C11H6BrFN2O/c12-9-1-7(3-14-5-9)11(16)8-2-10(13)6-15-4-8/h1-6H. The van der Waals surface area contributed by atoms with E-state index in [0.29, 0.717) is 10.0 Å². The highest BCUT2D eigenvalue weighted by atomic mass is 79.9. The zero-order chi connectivity index (χ0) is 11.5. The van der Waals surface area contributed by atoms with Crippen molar-refractivity contribution in [2.45, 2.75) is 0 Å². The smallest absolute Gasteiger partial charge is 0.196 e. The fraction of sp³-hybridized carbons (Fsp3) is 0. The molecule has 0 saturated heterocycles. The molecule has 3 nitrogen and oxygen atoms in total. The molecule has 80 valence electrons. The summed E-state index contributed by atoms with van der Waals surface area (Å²) < 4.78 is 13.6. The lowest BCUT2D eigenvalue weighted by atomic mass is 10.1. The van der Waals surface area contributed by atoms with Crippen LogP contribution in [-0.2, 0) is 0 Å². The van der Waals surface area contributed by atoms with Gasteiger partial charge in [-0.15, -0.1) is 0 Å². The second-order valence-electron chi connectivity index (χ2n) is 3.11. The van der Waals surface area contributed by atoms with Gasteiger partial charge in [0.15, 0.2) is 5.78 Å². The number of carbonyl (C=O) groups is 1. The number of rotatable bonds is 2. The largest absolute Gasteiger partial charge is 0.288 e. The van der Waals surface area contributed by atoms with Crippen molar-refractivity contribution in [3.8, 4) is 0 Å². The molecule has 0 aliphatic carbocycles. The van der Waals surface area contributed by atoms with E-state index < -0.39 is 5.82 Å². The Morgan fingerprint density at radius 1 is 1.06 bits per heavy atom. The molecule has 0 unspecified atom stereocenters. The molecule has 5 heteroatoms. The van der Waals surface area contributed by atoms with Gasteiger partial charge < -0.3 is 0 Å². The Hall–Kier alpha value is -1.62. The van der Waals surface area contributed by atoms with Crippen LogP contribution in [0.1, 0.15) is 15.9 Å². The molecular formula is C11H6BrFN2O. The molecule has 0 bridgehead atoms. The summed E-state index contributed by atoms with van der Waals surface area (Å²) in [6, 6.07) is 2.77. The third-order valence-electron chi connectivity index (χ3n) is 1.93. The molecule has 0 saturated carbocycles. The number of carbonyl (C=O) groups excluding carboxylic acids is 1. The number of aromatic nitrogens is 2. The molecular weight excluding hydrogens is 275 g/mol. The zero-order valence-corrected chi connectivity index (χ0v) is 9.61. The predicted molar refractivity (Wildman–Crippen MR) is 59.6 cm³/mol. The first-order chi connectivity index (χ1) is 7.66. The Morgan fingerprint density at radius 2 is 1.69 bits per heavy atom. The molecule has 0 amide bonds. The molecule has 0 spiro atoms. The van der Waals surface area contributed by atoms with E-state index in [0.717, 1.165) is 12.3 Å². The minimum atomic E-state index is -0.534. The molecule has 2 aromatic heterocycles. The van der Waals surface area contributed by atoms with Gasteiger partial charge in [0.25, 0.3) is 0 Å². The van der Waals surface area contributed by atoms with Crippen molar-refractivity contribution in [2.75, 3.05) is 0 Å². The van der Waals surface area contributed by atoms with E-state index in [1.165, 1.54) is 12.4 Å². The van der Waals surface area contributed by atoms with Crippen LogP contribution >= 0.6 is 15.9 Å². The van der Waals surface area contributed by atoms with Gasteiger partial charge in [0.1, 0.15) is 5.82 Å². The lowest BCUT2D eigenvalue weighted by molar-refractivity contribution is 0.103. The van der Waals surface area contributed by atoms with Crippen molar-refractivity contribution in [1.82, 2.24) is 9.97 Å². The average molecular weight is 281 g/mol. The highest BCUT2D eigenvalue weighted by Crippen LogP contribution is 2.13. The Labute approximate surface area is 99.5 Å². The highest BCUT2D eigenvalue weighted by molar-refractivity contribution is 9.10. The van der Waals surface area contributed by atoms with Crippen molar-refractivity contribution in [3.05, 3.63) is 58.3 Å². The summed E-state index contributed by atoms with van der Waals surface area (Å²) in [7, 11) is 0. The molecule has 2 rings (SSSR count). The number of nitrogens with zero attached hydrogens (tertiary/aromatic N) is 2. The molecule has 0 aliphatic heterocycles. The summed E-state index contributed by atoms with van der Waals surface area (Å²) in [4.78, 5) is 19.4. The van der Waals surface area contributed by atoms with Crippen LogP contribution in [0.15, 0.2) is 41.4 Å². The van der Waals surface area contributed by atoms with Crippen molar-refractivity contribution >= 4 is 21.7 Å². The number of hydrogen-bond donors (Lipinski definition) is 0. The van der Waals surface area contributed by atoms with Crippen LogP contribution in [0.2, 0.25) is 0 Å². The van der Waals surface area contributed by atoms with Crippen LogP contribution < -0.4 is 0 Å². The van der Waals surface area contributed by atoms with Crippen molar-refractivity contribution in [1.29, 1.82) is 0 Å². The van der Waals surface area contributed by atoms with E-state index in [1.807, 2.05) is 0 Å². The second kappa shape index (κ2) is 4.49. The fourth-order valence-corrected chi connectivity index (χ4v) is 1.60. The molecule has 2 heterocycles. The lowest BCUT2D eigenvalue weighted by Gasteiger charge is -2.00. The Kier molecular flexibility index (Phi) is 3.05. The maximum absolute atomic E-state index is 12.9. The molecule has 16 heavy (non-hydrogen) atoms. The number of hydrogen-bond acceptors (Lipinski definition) is 3. The first-order valence-corrected chi connectivity index (χ1v) is 5.22. The van der Waals surface area contributed by atoms with Gasteiger partial charge in [-0.05, 0) is 28.1 Å². The number of halogens is 2. The van der Waals surface area contributed by atoms with Crippen molar-refractivity contribution < 1.29 is 9.18 Å². The predicted octanol–water partition coefficient (Wildman–Crippen LogP) is 2.61. The summed E-state index contributed by atoms with van der Waals surface area (Å²) in [5.74, 6) is -0.838. The summed E-state index contributed by atoms with van der Waals surface area (Å²) in [5.41, 5.74) is 0.599. The molecule has 0 aliphatic rings. The Bertz CT molecular complexity index is 498. The van der Waals surface area contributed by atoms with Gasteiger partial charge in [-0.1, -0.05) is 0 Å². The quantitative estimate of drug-likeness (QED) is 0.795. The second-order valence-corrected chi connectivity index (χ2v) is 4.03. The molecule has 0 radical (unpaired) electrons. The average Bonchev–Trinajstić information content (AvgIpc) is 2.28. The number of pyridine rings is 2. The third kappa shape index (κ3) is 2.30. The van der Waals surface area contributed by atoms with Gasteiger partial charge in [-0.2, -0.15) is 0 Å². The van der Waals surface area contributed by atoms with Gasteiger partial charge in [-0.25, -0.2) is 4.39 Å². The van der Waals surface area contributed by atoms with Gasteiger partial charge in [-0.3, -0.25) is 14.8 Å². The van der Waals surface area contributed by atoms with Gasteiger partial charge >= 0.3 is 0 Å². The summed E-state index contributed by atoms with van der Waals surface area (Å²) in [6.45, 7) is 0. The maximum atomic E-state index is 12.9. The monoisotopic (exact) mass is 280 g/mol. The van der Waals surface area contributed by atoms with Crippen LogP contribution in [0.3, 0.4) is 0 Å². The highest BCUT2D eigenvalue weighted by Gasteiger charge is 2.10. The topological polar surface area (TPSA) is 42.9 Å². The normalized spacial score (nSPS) is 10.1. The van der Waals surface area contributed by atoms with E-state index in [1.54, 1.807) is 12.3 Å². The van der Waals surface area contributed by atoms with Crippen molar-refractivity contribution in [3.63, 3.8) is 0 Å². The van der Waals surface area contributed by atoms with Crippen LogP contribution in [0.25, 0.3) is 0 Å². The van der Waals surface area contributed by atoms with E-state index >= 15 is 0 Å². The SMILES string of the molecule is O=C(c1cncc(F)c1)c1cncc(Br)c1. The van der Waals surface area contributed by atoms with E-state index in [2.05, 4.69) is 25.9 Å². The maximum Gasteiger partial charge on any atom is 0.196 e. The summed E-state index contributed by atoms with van der Waals surface area (Å²) in [6.07, 6.45) is 5.38. The lowest BCUT2D eigenvalue weighted by Crippen LogP contribution is -2.03. The van der Waals surface area contributed by atoms with E-state index in [-0.39, 0.29) is 11.3 Å². The molecule has 0 fully saturated rings. The van der Waals surface area contributed by atoms with Gasteiger partial charge in [0, 0.05) is 34.2 Å². The van der Waals surface area contributed by atoms with E-state index in [9.17, 15) is 9.18 Å². The van der Waals surface area contributed by atoms with Crippen LogP contribution in [0, 0.1) is 5.82 Å². The van der Waals surface area contributed by atoms with Crippen LogP contribution in [0.5, 0.6) is 0 Å². The van der Waals surface area contributed by atoms with Crippen LogP contribution in [0.4, 0.5) is 4.39 Å². The first kappa shape index (κ1) is 10.9. The minimum absolute atomic E-state index is 0.208. The molecule has 0 aromatic carbocycles.